The molecular formula is C22H29N5O2S. The van der Waals surface area contributed by atoms with Crippen LogP contribution in [0.2, 0.25) is 0 Å². The van der Waals surface area contributed by atoms with Crippen LogP contribution in [-0.2, 0) is 4.79 Å². The second-order valence-corrected chi connectivity index (χ2v) is 8.69. The summed E-state index contributed by atoms with van der Waals surface area (Å²) >= 11 is 1.43. The highest BCUT2D eigenvalue weighted by atomic mass is 32.2. The van der Waals surface area contributed by atoms with E-state index in [1.54, 1.807) is 19.1 Å². The number of nitriles is 1. The van der Waals surface area contributed by atoms with Crippen molar-refractivity contribution in [2.45, 2.75) is 50.2 Å². The number of thioether (sulfide) groups is 1. The Hall–Kier alpha value is -2.53. The lowest BCUT2D eigenvalue weighted by Gasteiger charge is -2.31. The number of hydrogen-bond acceptors (Lipinski definition) is 6. The van der Waals surface area contributed by atoms with Crippen molar-refractivity contribution in [3.63, 3.8) is 0 Å². The Balaban J connectivity index is 1.86. The molecule has 30 heavy (non-hydrogen) atoms. The predicted molar refractivity (Wildman–Crippen MR) is 117 cm³/mol. The van der Waals surface area contributed by atoms with Gasteiger partial charge in [-0.15, -0.1) is 10.2 Å². The highest BCUT2D eigenvalue weighted by Crippen LogP contribution is 2.39. The van der Waals surface area contributed by atoms with Crippen molar-refractivity contribution in [3.05, 3.63) is 24.3 Å². The molecule has 0 radical (unpaired) electrons. The normalized spacial score (nSPS) is 18.6. The number of hydrogen-bond donors (Lipinski definition) is 0. The van der Waals surface area contributed by atoms with Crippen LogP contribution in [-0.4, -0.2) is 52.0 Å². The first-order chi connectivity index (χ1) is 14.5. The van der Waals surface area contributed by atoms with Gasteiger partial charge in [0.05, 0.1) is 25.4 Å². The van der Waals surface area contributed by atoms with E-state index >= 15 is 0 Å². The molecule has 0 aliphatic heterocycles. The van der Waals surface area contributed by atoms with Gasteiger partial charge < -0.3 is 9.64 Å². The van der Waals surface area contributed by atoms with Gasteiger partial charge in [-0.25, -0.2) is 0 Å². The van der Waals surface area contributed by atoms with Crippen LogP contribution in [0.25, 0.3) is 11.4 Å². The van der Waals surface area contributed by atoms with Gasteiger partial charge in [0.1, 0.15) is 5.75 Å². The Morgan fingerprint density at radius 1 is 1.30 bits per heavy atom. The molecule has 0 unspecified atom stereocenters. The topological polar surface area (TPSA) is 84.0 Å². The minimum Gasteiger partial charge on any atom is -0.497 e. The number of methoxy groups -OCH3 is 1. The zero-order valence-electron chi connectivity index (χ0n) is 17.9. The number of carbonyl (C=O) groups is 1. The van der Waals surface area contributed by atoms with Crippen molar-refractivity contribution in [1.82, 2.24) is 19.7 Å². The SMILES string of the molecule is COc1ccc(-c2nnc(SCC(=O)N(C)CCC#N)n2[C@@H]2CCCC[C@@H]2C)cc1. The van der Waals surface area contributed by atoms with Gasteiger partial charge in [-0.1, -0.05) is 31.5 Å². The maximum absolute atomic E-state index is 12.4. The summed E-state index contributed by atoms with van der Waals surface area (Å²) in [6.45, 7) is 2.73. The molecule has 1 fully saturated rings. The van der Waals surface area contributed by atoms with Crippen LogP contribution in [0.4, 0.5) is 0 Å². The zero-order valence-corrected chi connectivity index (χ0v) is 18.7. The van der Waals surface area contributed by atoms with Crippen molar-refractivity contribution >= 4 is 17.7 Å². The molecule has 8 heteroatoms. The summed E-state index contributed by atoms with van der Waals surface area (Å²) in [4.78, 5) is 14.0. The number of ether oxygens (including phenoxy) is 1. The smallest absolute Gasteiger partial charge is 0.232 e. The summed E-state index contributed by atoms with van der Waals surface area (Å²) in [5.41, 5.74) is 0.991. The summed E-state index contributed by atoms with van der Waals surface area (Å²) in [7, 11) is 3.39. The van der Waals surface area contributed by atoms with Crippen LogP contribution in [0, 0.1) is 17.2 Å². The number of rotatable bonds is 8. The third kappa shape index (κ3) is 5.14. The van der Waals surface area contributed by atoms with Gasteiger partial charge in [-0.3, -0.25) is 9.36 Å². The molecule has 2 aromatic rings. The third-order valence-electron chi connectivity index (χ3n) is 5.72. The van der Waals surface area contributed by atoms with Crippen molar-refractivity contribution in [2.75, 3.05) is 26.5 Å². The largest absolute Gasteiger partial charge is 0.497 e. The molecule has 1 heterocycles. The fraction of sp³-hybridized carbons (Fsp3) is 0.545. The van der Waals surface area contributed by atoms with Crippen LogP contribution < -0.4 is 4.74 Å². The zero-order chi connectivity index (χ0) is 21.5. The molecule has 3 rings (SSSR count). The van der Waals surface area contributed by atoms with Gasteiger partial charge in [0.25, 0.3) is 0 Å². The van der Waals surface area contributed by atoms with Gasteiger partial charge in [-0.05, 0) is 43.0 Å². The molecule has 1 aromatic carbocycles. The van der Waals surface area contributed by atoms with E-state index in [2.05, 4.69) is 27.8 Å². The second-order valence-electron chi connectivity index (χ2n) is 7.75. The average molecular weight is 428 g/mol. The van der Waals surface area contributed by atoms with Crippen molar-refractivity contribution in [1.29, 1.82) is 5.26 Å². The molecule has 1 saturated carbocycles. The highest BCUT2D eigenvalue weighted by Gasteiger charge is 2.29. The first kappa shape index (κ1) is 22.2. The minimum absolute atomic E-state index is 0.00695. The van der Waals surface area contributed by atoms with Crippen molar-refractivity contribution < 1.29 is 9.53 Å². The fourth-order valence-corrected chi connectivity index (χ4v) is 4.80. The van der Waals surface area contributed by atoms with Crippen molar-refractivity contribution in [3.8, 4) is 23.2 Å². The molecule has 1 aromatic heterocycles. The molecular weight excluding hydrogens is 398 g/mol. The van der Waals surface area contributed by atoms with Crippen LogP contribution >= 0.6 is 11.8 Å². The maximum Gasteiger partial charge on any atom is 0.232 e. The van der Waals surface area contributed by atoms with Gasteiger partial charge in [0.15, 0.2) is 11.0 Å². The minimum atomic E-state index is -0.00695. The summed E-state index contributed by atoms with van der Waals surface area (Å²) in [5, 5.41) is 18.5. The van der Waals surface area contributed by atoms with E-state index in [1.807, 2.05) is 24.3 Å². The van der Waals surface area contributed by atoms with Crippen LogP contribution in [0.1, 0.15) is 45.1 Å². The molecule has 1 aliphatic rings. The van der Waals surface area contributed by atoms with E-state index in [4.69, 9.17) is 10.00 Å². The Bertz CT molecular complexity index is 890. The lowest BCUT2D eigenvalue weighted by Crippen LogP contribution is -2.29. The molecule has 7 nitrogen and oxygen atoms in total. The fourth-order valence-electron chi connectivity index (χ4n) is 3.87. The summed E-state index contributed by atoms with van der Waals surface area (Å²) in [6, 6.07) is 10.3. The number of amides is 1. The van der Waals surface area contributed by atoms with E-state index in [9.17, 15) is 4.79 Å². The molecule has 1 amide bonds. The predicted octanol–water partition coefficient (Wildman–Crippen LogP) is 4.17. The maximum atomic E-state index is 12.4. The molecule has 0 N–H and O–H groups in total. The monoisotopic (exact) mass is 427 g/mol. The summed E-state index contributed by atoms with van der Waals surface area (Å²) in [5.74, 6) is 2.44. The van der Waals surface area contributed by atoms with Crippen LogP contribution in [0.3, 0.4) is 0 Å². The first-order valence-electron chi connectivity index (χ1n) is 10.4. The molecule has 2 atom stereocenters. The van der Waals surface area contributed by atoms with E-state index in [0.717, 1.165) is 28.7 Å². The van der Waals surface area contributed by atoms with E-state index in [1.165, 1.54) is 31.0 Å². The third-order valence-corrected chi connectivity index (χ3v) is 6.65. The van der Waals surface area contributed by atoms with Crippen LogP contribution in [0.5, 0.6) is 5.75 Å². The molecule has 0 bridgehead atoms. The summed E-state index contributed by atoms with van der Waals surface area (Å²) in [6.07, 6.45) is 5.05. The number of carbonyl (C=O) groups excluding carboxylic acids is 1. The highest BCUT2D eigenvalue weighted by molar-refractivity contribution is 7.99. The lowest BCUT2D eigenvalue weighted by atomic mass is 9.85. The second kappa shape index (κ2) is 10.5. The van der Waals surface area contributed by atoms with E-state index in [0.29, 0.717) is 24.9 Å². The van der Waals surface area contributed by atoms with Gasteiger partial charge in [-0.2, -0.15) is 5.26 Å². The Kier molecular flexibility index (Phi) is 7.75. The summed E-state index contributed by atoms with van der Waals surface area (Å²) < 4.78 is 7.51. The first-order valence-corrected chi connectivity index (χ1v) is 11.4. The van der Waals surface area contributed by atoms with Gasteiger partial charge >= 0.3 is 0 Å². The molecule has 1 aliphatic carbocycles. The number of nitrogens with zero attached hydrogens (tertiary/aromatic N) is 5. The van der Waals surface area contributed by atoms with E-state index < -0.39 is 0 Å². The molecule has 0 spiro atoms. The van der Waals surface area contributed by atoms with Gasteiger partial charge in [0, 0.05) is 25.2 Å². The number of aromatic nitrogens is 3. The Morgan fingerprint density at radius 2 is 2.03 bits per heavy atom. The lowest BCUT2D eigenvalue weighted by molar-refractivity contribution is -0.127. The Morgan fingerprint density at radius 3 is 2.70 bits per heavy atom. The van der Waals surface area contributed by atoms with Crippen molar-refractivity contribution in [2.24, 2.45) is 5.92 Å². The Labute approximate surface area is 182 Å². The quantitative estimate of drug-likeness (QED) is 0.588. The number of benzene rings is 1. The average Bonchev–Trinajstić information content (AvgIpc) is 3.19. The molecule has 0 saturated heterocycles. The van der Waals surface area contributed by atoms with E-state index in [-0.39, 0.29) is 11.7 Å². The molecule has 160 valence electrons. The van der Waals surface area contributed by atoms with Gasteiger partial charge in [0.2, 0.25) is 5.91 Å². The standard InChI is InChI=1S/C22H29N5O2S/c1-16-7-4-5-8-19(16)27-21(17-9-11-18(29-3)12-10-17)24-25-22(27)30-15-20(28)26(2)14-6-13-23/h9-12,16,19H,4-8,14-15H2,1-3H3/t16-,19+/m0/s1. The van der Waals surface area contributed by atoms with Crippen LogP contribution in [0.15, 0.2) is 29.4 Å².